The number of aliphatic imine (C=N–C) groups is 1. The number of benzene rings is 6. The summed E-state index contributed by atoms with van der Waals surface area (Å²) in [6, 6.07) is 18.6. The zero-order valence-corrected chi connectivity index (χ0v) is 51.8. The van der Waals surface area contributed by atoms with Crippen molar-refractivity contribution in [3.8, 4) is 0 Å². The van der Waals surface area contributed by atoms with Crippen LogP contribution in [0.5, 0.6) is 0 Å². The van der Waals surface area contributed by atoms with Gasteiger partial charge >= 0.3 is 11.9 Å². The van der Waals surface area contributed by atoms with Gasteiger partial charge in [-0.2, -0.15) is 4.99 Å². The summed E-state index contributed by atoms with van der Waals surface area (Å²) in [5.74, 6) is -5.85. The van der Waals surface area contributed by atoms with Gasteiger partial charge in [-0.25, -0.2) is 40.9 Å². The zero-order valence-electron chi connectivity index (χ0n) is 40.9. The number of amides is 2. The Balaban J connectivity index is 0. The van der Waals surface area contributed by atoms with Crippen LogP contribution < -0.4 is 27.8 Å². The highest BCUT2D eigenvalue weighted by atomic mass is 79.9. The molecule has 0 aliphatic rings. The molecular formula is C49H33Br2Cl8F6N9O5S2. The van der Waals surface area contributed by atoms with Crippen molar-refractivity contribution in [1.29, 1.82) is 0 Å². The molecule has 6 aromatic rings. The van der Waals surface area contributed by atoms with E-state index in [-0.39, 0.29) is 91.0 Å². The number of rotatable bonds is 3. The van der Waals surface area contributed by atoms with E-state index < -0.39 is 52.7 Å². The molecule has 0 atom stereocenters. The first-order valence-electron chi connectivity index (χ1n) is 20.4. The molecule has 0 bridgehead atoms. The second kappa shape index (κ2) is 40.3. The van der Waals surface area contributed by atoms with E-state index >= 15 is 0 Å². The van der Waals surface area contributed by atoms with Crippen LogP contribution >= 0.6 is 149 Å². The van der Waals surface area contributed by atoms with Crippen molar-refractivity contribution in [1.82, 2.24) is 0 Å². The van der Waals surface area contributed by atoms with Gasteiger partial charge in [0.15, 0.2) is 38.7 Å². The van der Waals surface area contributed by atoms with Gasteiger partial charge in [0.1, 0.15) is 5.69 Å². The fourth-order valence-corrected chi connectivity index (χ4v) is 6.23. The first-order valence-corrected chi connectivity index (χ1v) is 25.8. The van der Waals surface area contributed by atoms with Crippen LogP contribution in [0.3, 0.4) is 0 Å². The van der Waals surface area contributed by atoms with Crippen LogP contribution in [-0.4, -0.2) is 32.7 Å². The van der Waals surface area contributed by atoms with Gasteiger partial charge in [-0.3, -0.25) is 19.2 Å². The van der Waals surface area contributed by atoms with Crippen molar-refractivity contribution >= 4 is 233 Å². The van der Waals surface area contributed by atoms with E-state index in [2.05, 4.69) is 91.2 Å². The van der Waals surface area contributed by atoms with E-state index in [1.165, 1.54) is 88.4 Å². The molecular weight excluding hydrogens is 1420 g/mol. The van der Waals surface area contributed by atoms with Crippen LogP contribution in [0.4, 0.5) is 77.5 Å². The topological polar surface area (TPSA) is 205 Å². The lowest BCUT2D eigenvalue weighted by atomic mass is 10.2. The molecule has 6 rings (SSSR count). The van der Waals surface area contributed by atoms with Gasteiger partial charge in [0.2, 0.25) is 28.9 Å². The van der Waals surface area contributed by atoms with E-state index in [4.69, 9.17) is 130 Å². The van der Waals surface area contributed by atoms with Crippen LogP contribution in [0.1, 0.15) is 27.7 Å². The average molecular weight is 1450 g/mol. The first kappa shape index (κ1) is 77.1. The van der Waals surface area contributed by atoms with Gasteiger partial charge in [-0.1, -0.05) is 129 Å². The van der Waals surface area contributed by atoms with E-state index in [0.717, 1.165) is 0 Å². The van der Waals surface area contributed by atoms with Crippen LogP contribution in [0.2, 0.25) is 30.1 Å². The Kier molecular flexibility index (Phi) is 38.3. The number of nitrogen functional groups attached to an aromatic ring is 3. The smallest absolute Gasteiger partial charge is 0.310 e. The van der Waals surface area contributed by atoms with Gasteiger partial charge in [-0.15, -0.1) is 0 Å². The molecule has 0 heterocycles. The molecule has 32 heteroatoms. The number of esters is 2. The molecule has 0 saturated carbocycles. The largest absolute Gasteiger partial charge is 0.396 e. The second-order valence-electron chi connectivity index (χ2n) is 13.6. The lowest BCUT2D eigenvalue weighted by Gasteiger charge is -2.05. The lowest BCUT2D eigenvalue weighted by molar-refractivity contribution is -0.156. The van der Waals surface area contributed by atoms with Gasteiger partial charge in [-0.05, 0) is 98.7 Å². The number of thiocarbonyl (C=S) groups is 2. The molecule has 0 radical (unpaired) electrons. The minimum absolute atomic E-state index is 0.00704. The summed E-state index contributed by atoms with van der Waals surface area (Å²) >= 11 is 57.0. The van der Waals surface area contributed by atoms with Crippen molar-refractivity contribution in [2.75, 3.05) is 27.8 Å². The first-order chi connectivity index (χ1) is 37.6. The third-order valence-electron chi connectivity index (χ3n) is 7.71. The number of carbonyl (C=O) groups excluding carboxylic acids is 4. The highest BCUT2D eigenvalue weighted by Crippen LogP contribution is 2.35. The fourth-order valence-electron chi connectivity index (χ4n) is 4.38. The van der Waals surface area contributed by atoms with Crippen molar-refractivity contribution in [3.63, 3.8) is 0 Å². The molecule has 8 N–H and O–H groups in total. The van der Waals surface area contributed by atoms with Crippen molar-refractivity contribution in [2.45, 2.75) is 27.7 Å². The quantitative estimate of drug-likeness (QED) is 0.0130. The number of ether oxygens (including phenoxy) is 1. The maximum absolute atomic E-state index is 13.3. The van der Waals surface area contributed by atoms with Crippen molar-refractivity contribution in [3.05, 3.63) is 187 Å². The Morgan fingerprint density at radius 1 is 0.543 bits per heavy atom. The number of hydrogen-bond donors (Lipinski definition) is 5. The molecule has 0 unspecified atom stereocenters. The standard InChI is InChI=1S/C9H6ClFN2O.C8H6BrClFNO.C8H2ClFN2S.C7H4ClFN2.C6H4BrClFN.C6H5ClFN.C4H6O3.CCl2S/c1-5(14)13-7-4-3-6(12-2)8(10)9(7)11;1-4(13)12-6-3-2-5(9)7(10)8(6)11;1-11-5-2-3-6(12-4-13)8(10)7(5)9;1-11-5-3-2-4(10)7(9)6(5)8;7-3-1-2-4(10)6(9)5(3)8;7-4-2-1-3-5(9)6(4)8;1-3(5)7-4(2)6;2-1(3)4/h3-4H,1H3,(H,13,14);2-3H,1H3,(H,12,13);2-3H;2-3H,10H2;1-2H,10H2;1-3H,9H2;1-2H3;. The molecule has 6 aromatic carbocycles. The molecule has 2 amide bonds. The number of halogens is 16. The third-order valence-corrected chi connectivity index (χ3v) is 11.7. The number of nitrogens with two attached hydrogens (primary N) is 3. The summed E-state index contributed by atoms with van der Waals surface area (Å²) in [5.41, 5.74) is 15.9. The van der Waals surface area contributed by atoms with Crippen molar-refractivity contribution in [2.24, 2.45) is 4.99 Å². The zero-order chi connectivity index (χ0) is 63.0. The summed E-state index contributed by atoms with van der Waals surface area (Å²) in [4.78, 5) is 53.4. The highest BCUT2D eigenvalue weighted by Gasteiger charge is 2.14. The number of nitrogens with one attached hydrogen (secondary N) is 2. The minimum Gasteiger partial charge on any atom is -0.396 e. The third kappa shape index (κ3) is 29.5. The Labute approximate surface area is 526 Å². The van der Waals surface area contributed by atoms with Crippen LogP contribution in [0, 0.1) is 54.6 Å². The Morgan fingerprint density at radius 2 is 0.877 bits per heavy atom. The second-order valence-corrected chi connectivity index (χ2v) is 19.6. The summed E-state index contributed by atoms with van der Waals surface area (Å²) in [5, 5.41) is 5.95. The summed E-state index contributed by atoms with van der Waals surface area (Å²) in [7, 11) is 0. The van der Waals surface area contributed by atoms with E-state index in [1.54, 1.807) is 18.2 Å². The predicted octanol–water partition coefficient (Wildman–Crippen LogP) is 19.3. The van der Waals surface area contributed by atoms with Crippen molar-refractivity contribution < 1.29 is 50.3 Å². The van der Waals surface area contributed by atoms with Gasteiger partial charge in [0.05, 0.1) is 83.5 Å². The Morgan fingerprint density at radius 3 is 1.25 bits per heavy atom. The van der Waals surface area contributed by atoms with Crippen LogP contribution in [-0.2, 0) is 23.9 Å². The minimum atomic E-state index is -0.782. The molecule has 0 aliphatic carbocycles. The Hall–Kier alpha value is -5.98. The summed E-state index contributed by atoms with van der Waals surface area (Å²) < 4.78 is 82.6. The molecule has 428 valence electrons. The fraction of sp³-hybridized carbons (Fsp3) is 0.0816. The van der Waals surface area contributed by atoms with Crippen LogP contribution in [0.25, 0.3) is 14.5 Å². The maximum atomic E-state index is 13.3. The summed E-state index contributed by atoms with van der Waals surface area (Å²) in [6.07, 6.45) is 0. The average Bonchev–Trinajstić information content (AvgIpc) is 3.39. The normalized spacial score (nSPS) is 9.10. The number of carbonyl (C=O) groups is 4. The molecule has 14 nitrogen and oxygen atoms in total. The van der Waals surface area contributed by atoms with Crippen LogP contribution in [0.15, 0.2) is 92.8 Å². The summed E-state index contributed by atoms with van der Waals surface area (Å²) in [6.45, 7) is 24.9. The van der Waals surface area contributed by atoms with Gasteiger partial charge in [0.25, 0.3) is 0 Å². The monoisotopic (exact) mass is 1440 g/mol. The highest BCUT2D eigenvalue weighted by molar-refractivity contribution is 9.10. The molecule has 0 spiro atoms. The number of anilines is 5. The SMILES string of the molecule is CC(=O)Nc1ccc(Br)c(Cl)c1F.CC(=O)OC(C)=O.Nc1ccc(Br)c(Cl)c1F.Nc1cccc(Cl)c1F.S=C(Cl)Cl.[C-]#[N+]c1ccc(N)c(F)c1Cl.[C-]#[N+]c1ccc(N=C=S)c(F)c1Cl.[C-]#[N+]c1ccc(NC(C)=O)c(F)c1Cl. The number of hydrogen-bond acceptors (Lipinski definition) is 11. The molecule has 0 saturated heterocycles. The molecule has 0 aromatic heterocycles. The predicted molar refractivity (Wildman–Crippen MR) is 326 cm³/mol. The van der Waals surface area contributed by atoms with E-state index in [1.807, 2.05) is 5.16 Å². The lowest BCUT2D eigenvalue weighted by Crippen LogP contribution is -2.07. The van der Waals surface area contributed by atoms with Gasteiger partial charge < -0.3 is 32.6 Å². The molecule has 81 heavy (non-hydrogen) atoms. The maximum Gasteiger partial charge on any atom is 0.310 e. The Bertz CT molecular complexity index is 3390. The van der Waals surface area contributed by atoms with E-state index in [9.17, 15) is 45.5 Å². The number of nitrogens with zero attached hydrogens (tertiary/aromatic N) is 4. The number of isothiocyanates is 1. The van der Waals surface area contributed by atoms with Gasteiger partial charge in [0, 0.05) is 36.6 Å². The molecule has 0 fully saturated rings. The van der Waals surface area contributed by atoms with E-state index in [0.29, 0.717) is 8.95 Å². The molecule has 0 aliphatic heterocycles.